The number of carbonyl (C=O) groups is 1. The van der Waals surface area contributed by atoms with Gasteiger partial charge in [-0.2, -0.15) is 0 Å². The fourth-order valence-electron chi connectivity index (χ4n) is 3.63. The molecular weight excluding hydrogens is 372 g/mol. The molecule has 4 rings (SSSR count). The van der Waals surface area contributed by atoms with Crippen LogP contribution in [-0.4, -0.2) is 22.5 Å². The molecule has 0 unspecified atom stereocenters. The third-order valence-electron chi connectivity index (χ3n) is 5.11. The Morgan fingerprint density at radius 1 is 1.07 bits per heavy atom. The summed E-state index contributed by atoms with van der Waals surface area (Å²) >= 11 is 0. The predicted molar refractivity (Wildman–Crippen MR) is 121 cm³/mol. The first-order valence-electron chi connectivity index (χ1n) is 10.1. The van der Waals surface area contributed by atoms with Crippen molar-refractivity contribution in [2.24, 2.45) is 0 Å². The Bertz CT molecular complexity index is 1190. The van der Waals surface area contributed by atoms with E-state index in [0.29, 0.717) is 12.2 Å². The minimum absolute atomic E-state index is 0.276. The standard InChI is InChI=1S/C26H24N2O2/c1-3-30-26(29)18(2)15-19-10-12-20(13-11-19)16-23-22-8-4-5-9-24(22)28-25(23)21-7-6-14-27-17-21/h4-15,17,28H,3,16H2,1-2H3. The number of pyridine rings is 1. The van der Waals surface area contributed by atoms with Gasteiger partial charge in [-0.3, -0.25) is 4.98 Å². The van der Waals surface area contributed by atoms with Gasteiger partial charge in [0.1, 0.15) is 0 Å². The number of H-pyrrole nitrogens is 1. The van der Waals surface area contributed by atoms with Crippen molar-refractivity contribution in [3.05, 3.63) is 95.3 Å². The highest BCUT2D eigenvalue weighted by atomic mass is 16.5. The zero-order chi connectivity index (χ0) is 20.9. The van der Waals surface area contributed by atoms with Crippen LogP contribution in [0.3, 0.4) is 0 Å². The summed E-state index contributed by atoms with van der Waals surface area (Å²) in [6.45, 7) is 3.97. The van der Waals surface area contributed by atoms with Crippen LogP contribution in [0.15, 0.2) is 78.6 Å². The summed E-state index contributed by atoms with van der Waals surface area (Å²) in [6, 6.07) is 20.7. The van der Waals surface area contributed by atoms with Crippen LogP contribution < -0.4 is 0 Å². The lowest BCUT2D eigenvalue weighted by Crippen LogP contribution is -2.04. The number of para-hydroxylation sites is 1. The Balaban J connectivity index is 1.65. The summed E-state index contributed by atoms with van der Waals surface area (Å²) in [6.07, 6.45) is 6.33. The number of hydrogen-bond acceptors (Lipinski definition) is 3. The van der Waals surface area contributed by atoms with Gasteiger partial charge in [-0.15, -0.1) is 0 Å². The van der Waals surface area contributed by atoms with E-state index in [1.165, 1.54) is 16.5 Å². The van der Waals surface area contributed by atoms with Crippen molar-refractivity contribution < 1.29 is 9.53 Å². The van der Waals surface area contributed by atoms with Crippen LogP contribution in [-0.2, 0) is 16.0 Å². The summed E-state index contributed by atoms with van der Waals surface area (Å²) in [5.41, 5.74) is 7.34. The lowest BCUT2D eigenvalue weighted by atomic mass is 9.98. The number of nitrogens with zero attached hydrogens (tertiary/aromatic N) is 1. The predicted octanol–water partition coefficient (Wildman–Crippen LogP) is 5.79. The number of aromatic amines is 1. The van der Waals surface area contributed by atoms with Crippen LogP contribution in [0.2, 0.25) is 0 Å². The maximum Gasteiger partial charge on any atom is 0.333 e. The van der Waals surface area contributed by atoms with Crippen LogP contribution in [0.1, 0.15) is 30.5 Å². The second-order valence-corrected chi connectivity index (χ2v) is 7.23. The number of rotatable bonds is 6. The molecule has 0 bridgehead atoms. The molecule has 30 heavy (non-hydrogen) atoms. The van der Waals surface area contributed by atoms with Gasteiger partial charge < -0.3 is 9.72 Å². The van der Waals surface area contributed by atoms with Crippen LogP contribution in [0, 0.1) is 0 Å². The Hall–Kier alpha value is -3.66. The molecule has 0 radical (unpaired) electrons. The van der Waals surface area contributed by atoms with Gasteiger partial charge in [-0.25, -0.2) is 4.79 Å². The molecule has 0 saturated heterocycles. The minimum atomic E-state index is -0.276. The molecule has 0 spiro atoms. The van der Waals surface area contributed by atoms with Gasteiger partial charge in [0.15, 0.2) is 0 Å². The molecule has 4 heteroatoms. The number of esters is 1. The van der Waals surface area contributed by atoms with Gasteiger partial charge in [0, 0.05) is 40.9 Å². The van der Waals surface area contributed by atoms with Crippen LogP contribution >= 0.6 is 0 Å². The van der Waals surface area contributed by atoms with Crippen LogP contribution in [0.25, 0.3) is 28.2 Å². The number of ether oxygens (including phenoxy) is 1. The summed E-state index contributed by atoms with van der Waals surface area (Å²) in [5.74, 6) is -0.276. The summed E-state index contributed by atoms with van der Waals surface area (Å²) < 4.78 is 5.05. The third kappa shape index (κ3) is 4.18. The number of fused-ring (bicyclic) bond motifs is 1. The molecule has 0 aliphatic heterocycles. The highest BCUT2D eigenvalue weighted by Gasteiger charge is 2.13. The Labute approximate surface area is 176 Å². The van der Waals surface area contributed by atoms with E-state index in [4.69, 9.17) is 4.74 Å². The molecule has 0 aliphatic rings. The monoisotopic (exact) mass is 396 g/mol. The fourth-order valence-corrected chi connectivity index (χ4v) is 3.63. The Morgan fingerprint density at radius 2 is 1.87 bits per heavy atom. The molecule has 1 N–H and O–H groups in total. The molecule has 0 fully saturated rings. The maximum absolute atomic E-state index is 11.8. The van der Waals surface area contributed by atoms with Gasteiger partial charge >= 0.3 is 5.97 Å². The molecular formula is C26H24N2O2. The van der Waals surface area contributed by atoms with E-state index >= 15 is 0 Å². The summed E-state index contributed by atoms with van der Waals surface area (Å²) in [4.78, 5) is 19.7. The Morgan fingerprint density at radius 3 is 2.60 bits per heavy atom. The van der Waals surface area contributed by atoms with Crippen molar-refractivity contribution in [3.63, 3.8) is 0 Å². The van der Waals surface area contributed by atoms with Crippen molar-refractivity contribution in [1.29, 1.82) is 0 Å². The van der Waals surface area contributed by atoms with Gasteiger partial charge in [0.25, 0.3) is 0 Å². The smallest absolute Gasteiger partial charge is 0.333 e. The molecule has 0 amide bonds. The molecule has 2 heterocycles. The van der Waals surface area contributed by atoms with Crippen molar-refractivity contribution >= 4 is 22.9 Å². The molecule has 0 atom stereocenters. The number of carbonyl (C=O) groups excluding carboxylic acids is 1. The minimum Gasteiger partial charge on any atom is -0.463 e. The molecule has 2 aromatic carbocycles. The van der Waals surface area contributed by atoms with Gasteiger partial charge in [-0.05, 0) is 54.8 Å². The number of nitrogens with one attached hydrogen (secondary N) is 1. The van der Waals surface area contributed by atoms with E-state index in [0.717, 1.165) is 28.8 Å². The molecule has 4 aromatic rings. The molecule has 0 aliphatic carbocycles. The maximum atomic E-state index is 11.8. The SMILES string of the molecule is CCOC(=O)C(C)=Cc1ccc(Cc2c(-c3cccnc3)[nH]c3ccccc23)cc1. The van der Waals surface area contributed by atoms with Gasteiger partial charge in [0.05, 0.1) is 12.3 Å². The highest BCUT2D eigenvalue weighted by Crippen LogP contribution is 2.31. The van der Waals surface area contributed by atoms with Crippen LogP contribution in [0.5, 0.6) is 0 Å². The lowest BCUT2D eigenvalue weighted by molar-refractivity contribution is -0.138. The van der Waals surface area contributed by atoms with Crippen molar-refractivity contribution in [2.45, 2.75) is 20.3 Å². The first-order chi connectivity index (χ1) is 14.7. The fraction of sp³-hybridized carbons (Fsp3) is 0.154. The quantitative estimate of drug-likeness (QED) is 0.332. The first-order valence-corrected chi connectivity index (χ1v) is 10.1. The second-order valence-electron chi connectivity index (χ2n) is 7.23. The number of aromatic nitrogens is 2. The molecule has 2 aromatic heterocycles. The molecule has 0 saturated carbocycles. The first kappa shape index (κ1) is 19.6. The number of hydrogen-bond donors (Lipinski definition) is 1. The van der Waals surface area contributed by atoms with Gasteiger partial charge in [0.2, 0.25) is 0 Å². The van der Waals surface area contributed by atoms with Crippen LogP contribution in [0.4, 0.5) is 0 Å². The van der Waals surface area contributed by atoms with Crippen molar-refractivity contribution in [3.8, 4) is 11.3 Å². The van der Waals surface area contributed by atoms with E-state index in [1.54, 1.807) is 13.1 Å². The molecule has 150 valence electrons. The van der Waals surface area contributed by atoms with E-state index in [1.807, 2.05) is 43.5 Å². The van der Waals surface area contributed by atoms with E-state index < -0.39 is 0 Å². The summed E-state index contributed by atoms with van der Waals surface area (Å²) in [7, 11) is 0. The zero-order valence-electron chi connectivity index (χ0n) is 17.2. The Kier molecular flexibility index (Phi) is 5.75. The average Bonchev–Trinajstić information content (AvgIpc) is 3.14. The highest BCUT2D eigenvalue weighted by molar-refractivity contribution is 5.93. The third-order valence-corrected chi connectivity index (χ3v) is 5.11. The van der Waals surface area contributed by atoms with E-state index in [-0.39, 0.29) is 5.97 Å². The topological polar surface area (TPSA) is 55.0 Å². The van der Waals surface area contributed by atoms with Crippen molar-refractivity contribution in [2.75, 3.05) is 6.61 Å². The zero-order valence-corrected chi connectivity index (χ0v) is 17.2. The lowest BCUT2D eigenvalue weighted by Gasteiger charge is -2.07. The largest absolute Gasteiger partial charge is 0.463 e. The van der Waals surface area contributed by atoms with Gasteiger partial charge in [-0.1, -0.05) is 42.5 Å². The molecule has 4 nitrogen and oxygen atoms in total. The second kappa shape index (κ2) is 8.78. The summed E-state index contributed by atoms with van der Waals surface area (Å²) in [5, 5.41) is 1.22. The van der Waals surface area contributed by atoms with Crippen molar-refractivity contribution in [1.82, 2.24) is 9.97 Å². The van der Waals surface area contributed by atoms with E-state index in [2.05, 4.69) is 46.4 Å². The average molecular weight is 396 g/mol. The number of benzene rings is 2. The van der Waals surface area contributed by atoms with E-state index in [9.17, 15) is 4.79 Å². The normalized spacial score (nSPS) is 11.6.